The molecule has 38 heavy (non-hydrogen) atoms. The number of methoxy groups -OCH3 is 1. The minimum absolute atomic E-state index is 0.240. The van der Waals surface area contributed by atoms with Crippen LogP contribution < -0.4 is 25.4 Å². The summed E-state index contributed by atoms with van der Waals surface area (Å²) in [5.41, 5.74) is 1.16. The van der Waals surface area contributed by atoms with Crippen LogP contribution in [0.25, 0.3) is 10.9 Å². The highest BCUT2D eigenvalue weighted by molar-refractivity contribution is 6.34. The van der Waals surface area contributed by atoms with Gasteiger partial charge in [-0.1, -0.05) is 44.1 Å². The van der Waals surface area contributed by atoms with E-state index in [4.69, 9.17) is 25.6 Å². The third-order valence-electron chi connectivity index (χ3n) is 5.37. The van der Waals surface area contributed by atoms with Crippen molar-refractivity contribution < 1.29 is 23.6 Å². The lowest BCUT2D eigenvalue weighted by molar-refractivity contribution is -0.111. The predicted octanol–water partition coefficient (Wildman–Crippen LogP) is 6.74. The van der Waals surface area contributed by atoms with Crippen molar-refractivity contribution in [1.29, 1.82) is 0 Å². The number of aromatic nitrogens is 2. The first-order valence-electron chi connectivity index (χ1n) is 11.5. The summed E-state index contributed by atoms with van der Waals surface area (Å²) in [5.74, 6) is 1.88. The van der Waals surface area contributed by atoms with Crippen molar-refractivity contribution in [2.45, 2.75) is 26.2 Å². The van der Waals surface area contributed by atoms with Crippen molar-refractivity contribution in [2.75, 3.05) is 23.1 Å². The molecule has 10 nitrogen and oxygen atoms in total. The fraction of sp³-hybridized carbons (Fsp3) is 0.185. The van der Waals surface area contributed by atoms with Crippen LogP contribution in [0.3, 0.4) is 0 Å². The van der Waals surface area contributed by atoms with E-state index in [1.807, 2.05) is 20.8 Å². The minimum Gasteiger partial charge on any atom is -0.494 e. The summed E-state index contributed by atoms with van der Waals surface area (Å²) in [5, 5.41) is 12.8. The van der Waals surface area contributed by atoms with Gasteiger partial charge in [0, 0.05) is 35.2 Å². The second-order valence-corrected chi connectivity index (χ2v) is 9.63. The summed E-state index contributed by atoms with van der Waals surface area (Å²) in [4.78, 5) is 28.7. The maximum absolute atomic E-state index is 12.5. The first-order valence-corrected chi connectivity index (χ1v) is 11.9. The number of benzene rings is 2. The number of amides is 3. The number of fused-ring (bicyclic) bond motifs is 1. The van der Waals surface area contributed by atoms with Gasteiger partial charge in [0.25, 0.3) is 0 Å². The molecule has 0 aliphatic carbocycles. The van der Waals surface area contributed by atoms with Gasteiger partial charge in [0.05, 0.1) is 29.0 Å². The zero-order valence-corrected chi connectivity index (χ0v) is 22.0. The van der Waals surface area contributed by atoms with E-state index in [1.165, 1.54) is 7.11 Å². The van der Waals surface area contributed by atoms with Gasteiger partial charge in [-0.2, -0.15) is 0 Å². The van der Waals surface area contributed by atoms with Crippen LogP contribution in [0.15, 0.2) is 65.8 Å². The van der Waals surface area contributed by atoms with Crippen molar-refractivity contribution in [3.8, 4) is 17.2 Å². The van der Waals surface area contributed by atoms with Crippen molar-refractivity contribution in [3.05, 3.63) is 72.1 Å². The summed E-state index contributed by atoms with van der Waals surface area (Å²) < 4.78 is 16.7. The Morgan fingerprint density at radius 2 is 1.82 bits per heavy atom. The smallest absolute Gasteiger partial charge is 0.324 e. The number of pyridine rings is 1. The maximum Gasteiger partial charge on any atom is 0.324 e. The number of carbonyl (C=O) groups excluding carboxylic acids is 2. The maximum atomic E-state index is 12.5. The van der Waals surface area contributed by atoms with Gasteiger partial charge in [0.15, 0.2) is 5.82 Å². The molecule has 196 valence electrons. The van der Waals surface area contributed by atoms with E-state index >= 15 is 0 Å². The molecule has 0 spiro atoms. The van der Waals surface area contributed by atoms with Gasteiger partial charge in [-0.25, -0.2) is 4.79 Å². The SMILES string of the molecule is C=CC(=O)Nc1cc2c(Oc3ccc(NC(=O)Nc4cc(C(C)(C)C)on4)c(Cl)c3)ccnc2cc1OC. The summed E-state index contributed by atoms with van der Waals surface area (Å²) in [6.45, 7) is 9.41. The van der Waals surface area contributed by atoms with Crippen LogP contribution >= 0.6 is 11.6 Å². The standard InChI is InChI=1S/C27H26ClN5O5/c1-6-25(34)30-20-12-16-19(13-22(20)36-5)29-10-9-21(16)37-15-7-8-18(17(28)11-15)31-26(35)32-24-14-23(38-33-24)27(2,3)4/h6-14H,1H2,2-5H3,(H,30,34)(H2,31,32,33,35). The Balaban J connectivity index is 1.51. The highest BCUT2D eigenvalue weighted by Crippen LogP contribution is 2.37. The summed E-state index contributed by atoms with van der Waals surface area (Å²) in [7, 11) is 1.50. The molecular weight excluding hydrogens is 510 g/mol. The zero-order chi connectivity index (χ0) is 27.4. The van der Waals surface area contributed by atoms with Gasteiger partial charge in [-0.05, 0) is 30.3 Å². The molecule has 0 atom stereocenters. The van der Waals surface area contributed by atoms with E-state index in [0.29, 0.717) is 45.3 Å². The number of hydrogen-bond donors (Lipinski definition) is 3. The van der Waals surface area contributed by atoms with E-state index < -0.39 is 6.03 Å². The highest BCUT2D eigenvalue weighted by atomic mass is 35.5. The third kappa shape index (κ3) is 6.04. The van der Waals surface area contributed by atoms with Crippen molar-refractivity contribution in [3.63, 3.8) is 0 Å². The van der Waals surface area contributed by atoms with Gasteiger partial charge in [-0.3, -0.25) is 15.1 Å². The number of carbonyl (C=O) groups is 2. The topological polar surface area (TPSA) is 128 Å². The molecule has 0 unspecified atom stereocenters. The van der Waals surface area contributed by atoms with Gasteiger partial charge in [-0.15, -0.1) is 0 Å². The Hall–Kier alpha value is -4.57. The quantitative estimate of drug-likeness (QED) is 0.223. The first-order chi connectivity index (χ1) is 18.1. The minimum atomic E-state index is -0.530. The predicted molar refractivity (Wildman–Crippen MR) is 146 cm³/mol. The van der Waals surface area contributed by atoms with Gasteiger partial charge >= 0.3 is 6.03 Å². The molecular formula is C27H26ClN5O5. The monoisotopic (exact) mass is 535 g/mol. The Morgan fingerprint density at radius 3 is 2.47 bits per heavy atom. The average Bonchev–Trinajstić information content (AvgIpc) is 3.34. The molecule has 2 aromatic carbocycles. The van der Waals surface area contributed by atoms with E-state index in [1.54, 1.807) is 48.7 Å². The summed E-state index contributed by atoms with van der Waals surface area (Å²) in [6, 6.07) is 11.1. The number of ether oxygens (including phenoxy) is 2. The molecule has 0 saturated carbocycles. The normalized spacial score (nSPS) is 11.1. The molecule has 0 saturated heterocycles. The van der Waals surface area contributed by atoms with Crippen LogP contribution in [-0.4, -0.2) is 29.2 Å². The van der Waals surface area contributed by atoms with Crippen molar-refractivity contribution in [2.24, 2.45) is 0 Å². The molecule has 0 fully saturated rings. The Labute approximate surface area is 224 Å². The molecule has 4 rings (SSSR count). The number of rotatable bonds is 7. The molecule has 0 bridgehead atoms. The van der Waals surface area contributed by atoms with Gasteiger partial charge in [0.2, 0.25) is 5.91 Å². The molecule has 0 aliphatic rings. The highest BCUT2D eigenvalue weighted by Gasteiger charge is 2.20. The van der Waals surface area contributed by atoms with Gasteiger partial charge in [0.1, 0.15) is 23.0 Å². The summed E-state index contributed by atoms with van der Waals surface area (Å²) >= 11 is 6.42. The van der Waals surface area contributed by atoms with E-state index in [9.17, 15) is 9.59 Å². The van der Waals surface area contributed by atoms with Crippen LogP contribution in [-0.2, 0) is 10.2 Å². The van der Waals surface area contributed by atoms with Crippen LogP contribution in [0, 0.1) is 0 Å². The Morgan fingerprint density at radius 1 is 1.03 bits per heavy atom. The number of anilines is 3. The zero-order valence-electron chi connectivity index (χ0n) is 21.2. The molecule has 3 amide bonds. The van der Waals surface area contributed by atoms with Crippen LogP contribution in [0.2, 0.25) is 5.02 Å². The molecule has 3 N–H and O–H groups in total. The number of halogens is 1. The van der Waals surface area contributed by atoms with Crippen LogP contribution in [0.4, 0.5) is 22.0 Å². The third-order valence-corrected chi connectivity index (χ3v) is 5.69. The van der Waals surface area contributed by atoms with Gasteiger partial charge < -0.3 is 24.6 Å². The lowest BCUT2D eigenvalue weighted by atomic mass is 9.93. The molecule has 0 aliphatic heterocycles. The van der Waals surface area contributed by atoms with Crippen molar-refractivity contribution >= 4 is 51.6 Å². The van der Waals surface area contributed by atoms with E-state index in [-0.39, 0.29) is 22.2 Å². The molecule has 2 heterocycles. The molecule has 4 aromatic rings. The first kappa shape index (κ1) is 26.5. The fourth-order valence-electron chi connectivity index (χ4n) is 3.43. The molecule has 2 aromatic heterocycles. The van der Waals surface area contributed by atoms with Crippen LogP contribution in [0.5, 0.6) is 17.2 Å². The number of hydrogen-bond acceptors (Lipinski definition) is 7. The second-order valence-electron chi connectivity index (χ2n) is 9.22. The van der Waals surface area contributed by atoms with Crippen molar-refractivity contribution in [1.82, 2.24) is 10.1 Å². The van der Waals surface area contributed by atoms with Crippen LogP contribution in [0.1, 0.15) is 26.5 Å². The van der Waals surface area contributed by atoms with E-state index in [2.05, 4.69) is 32.7 Å². The Kier molecular flexibility index (Phi) is 7.54. The lowest BCUT2D eigenvalue weighted by Crippen LogP contribution is -2.19. The number of nitrogens with zero attached hydrogens (tertiary/aromatic N) is 2. The fourth-order valence-corrected chi connectivity index (χ4v) is 3.65. The lowest BCUT2D eigenvalue weighted by Gasteiger charge is -2.14. The number of urea groups is 1. The second kappa shape index (κ2) is 10.8. The summed E-state index contributed by atoms with van der Waals surface area (Å²) in [6.07, 6.45) is 2.76. The Bertz CT molecular complexity index is 1530. The molecule has 11 heteroatoms. The number of nitrogens with one attached hydrogen (secondary N) is 3. The average molecular weight is 536 g/mol. The molecule has 0 radical (unpaired) electrons. The van der Waals surface area contributed by atoms with E-state index in [0.717, 1.165) is 6.08 Å². The largest absolute Gasteiger partial charge is 0.494 e.